The molecule has 1 amide bonds. The zero-order valence-corrected chi connectivity index (χ0v) is 28.3. The molecule has 11 nitrogen and oxygen atoms in total. The summed E-state index contributed by atoms with van der Waals surface area (Å²) in [6.45, 7) is 6.52. The van der Waals surface area contributed by atoms with Gasteiger partial charge in [0.1, 0.15) is 11.4 Å². The number of piperidine rings is 2. The Morgan fingerprint density at radius 3 is 2.40 bits per heavy atom. The van der Waals surface area contributed by atoms with Gasteiger partial charge in [0, 0.05) is 41.2 Å². The number of benzene rings is 1. The maximum Gasteiger partial charge on any atom is 1.00 e. The van der Waals surface area contributed by atoms with E-state index >= 15 is 0 Å². The van der Waals surface area contributed by atoms with Gasteiger partial charge in [0.25, 0.3) is 5.56 Å². The summed E-state index contributed by atoms with van der Waals surface area (Å²) in [7, 11) is 0. The molecule has 1 aromatic carbocycles. The fraction of sp³-hybridized carbons (Fsp3) is 0.515. The van der Waals surface area contributed by atoms with Crippen molar-refractivity contribution in [2.24, 2.45) is 0 Å². The van der Waals surface area contributed by atoms with Crippen LogP contribution in [0.2, 0.25) is 0 Å². The van der Waals surface area contributed by atoms with E-state index in [2.05, 4.69) is 4.90 Å². The number of aromatic nitrogens is 2. The molecule has 0 bridgehead atoms. The number of pyridine rings is 2. The van der Waals surface area contributed by atoms with E-state index < -0.39 is 23.7 Å². The topological polar surface area (TPSA) is 148 Å². The summed E-state index contributed by atoms with van der Waals surface area (Å²) in [5.41, 5.74) is -0.193. The summed E-state index contributed by atoms with van der Waals surface area (Å²) in [4.78, 5) is 47.7. The first-order valence-electron chi connectivity index (χ1n) is 15.7. The molecule has 234 valence electrons. The van der Waals surface area contributed by atoms with Crippen molar-refractivity contribution in [3.05, 3.63) is 56.9 Å². The molecule has 1 unspecified atom stereocenters. The second-order valence-corrected chi connectivity index (χ2v) is 12.1. The second-order valence-electron chi connectivity index (χ2n) is 12.1. The maximum absolute atomic E-state index is 13.5. The van der Waals surface area contributed by atoms with Crippen molar-refractivity contribution in [3.63, 3.8) is 0 Å². The van der Waals surface area contributed by atoms with E-state index in [1.165, 1.54) is 36.8 Å². The van der Waals surface area contributed by atoms with Crippen LogP contribution < -0.4 is 45.0 Å². The first-order valence-corrected chi connectivity index (χ1v) is 15.7. The Hall–Kier alpha value is -2.80. The van der Waals surface area contributed by atoms with E-state index in [1.807, 2.05) is 13.0 Å². The van der Waals surface area contributed by atoms with Crippen LogP contribution >= 0.6 is 0 Å². The minimum atomic E-state index is -2.44. The van der Waals surface area contributed by atoms with Crippen LogP contribution in [0.3, 0.4) is 0 Å². The van der Waals surface area contributed by atoms with Crippen LogP contribution in [0.5, 0.6) is 5.75 Å². The number of aliphatic carboxylic acids is 1. The van der Waals surface area contributed by atoms with E-state index in [-0.39, 0.29) is 59.7 Å². The van der Waals surface area contributed by atoms with Gasteiger partial charge in [0.15, 0.2) is 0 Å². The Morgan fingerprint density at radius 1 is 1.07 bits per heavy atom. The molecule has 0 saturated carbocycles. The van der Waals surface area contributed by atoms with Crippen molar-refractivity contribution in [2.75, 3.05) is 26.2 Å². The molecule has 0 aliphatic carbocycles. The second kappa shape index (κ2) is 13.5. The third kappa shape index (κ3) is 5.94. The van der Waals surface area contributed by atoms with E-state index in [1.54, 1.807) is 17.0 Å². The molecule has 0 radical (unpaired) electrons. The Kier molecular flexibility index (Phi) is 10.1. The SMILES string of the molecule is CCc1c2c(nc3ccc(OC(=O)N4CCC(N5CCCCC5)CC4)cc13)-c1cc(C(O)(CC)C(=O)[O-])c(CO)c(=O)n1C2.[Na+]. The van der Waals surface area contributed by atoms with Crippen LogP contribution in [-0.4, -0.2) is 73.8 Å². The number of aliphatic hydroxyl groups is 2. The Balaban J connectivity index is 0.00000400. The van der Waals surface area contributed by atoms with Crippen LogP contribution in [0.15, 0.2) is 29.1 Å². The molecule has 45 heavy (non-hydrogen) atoms. The van der Waals surface area contributed by atoms with Crippen molar-refractivity contribution in [2.45, 2.75) is 83.6 Å². The zero-order chi connectivity index (χ0) is 31.2. The molecule has 0 spiro atoms. The fourth-order valence-electron chi connectivity index (χ4n) is 7.23. The summed E-state index contributed by atoms with van der Waals surface area (Å²) in [6.07, 6.45) is 5.68. The monoisotopic (exact) mass is 626 g/mol. The van der Waals surface area contributed by atoms with Crippen molar-refractivity contribution < 1.29 is 59.2 Å². The molecule has 2 saturated heterocycles. The molecule has 2 aromatic heterocycles. The number of rotatable bonds is 7. The van der Waals surface area contributed by atoms with Crippen molar-refractivity contribution in [3.8, 4) is 17.1 Å². The van der Waals surface area contributed by atoms with E-state index in [4.69, 9.17) is 9.72 Å². The van der Waals surface area contributed by atoms with Crippen molar-refractivity contribution in [1.29, 1.82) is 0 Å². The summed E-state index contributed by atoms with van der Waals surface area (Å²) in [6, 6.07) is 7.24. The average molecular weight is 627 g/mol. The molecule has 2 N–H and O–H groups in total. The quantitative estimate of drug-likeness (QED) is 0.254. The average Bonchev–Trinajstić information content (AvgIpc) is 3.42. The first kappa shape index (κ1) is 33.6. The van der Waals surface area contributed by atoms with Gasteiger partial charge in [-0.25, -0.2) is 9.78 Å². The molecule has 1 atom stereocenters. The molecule has 3 aromatic rings. The van der Waals surface area contributed by atoms with Gasteiger partial charge in [-0.2, -0.15) is 0 Å². The van der Waals surface area contributed by atoms with E-state index in [9.17, 15) is 29.7 Å². The van der Waals surface area contributed by atoms with Gasteiger partial charge in [0.05, 0.1) is 36.0 Å². The van der Waals surface area contributed by atoms with Crippen LogP contribution in [-0.2, 0) is 30.0 Å². The standard InChI is InChI=1S/C33H40N4O7.Na/c1-3-22-23-16-21(44-32(42)36-14-10-20(11-15-36)35-12-6-5-7-13-35)8-9-27(23)34-29-24(22)18-37-28(29)17-26(25(19-38)30(37)39)33(43,4-2)31(40)41;/h8-9,16-17,20,38,43H,3-7,10-15,18-19H2,1-2H3,(H,40,41);/q;+1/p-1. The number of hydrogen-bond donors (Lipinski definition) is 2. The number of carboxylic acid groups (broad SMARTS) is 1. The molecule has 3 aliphatic heterocycles. The molecular weight excluding hydrogens is 587 g/mol. The summed E-state index contributed by atoms with van der Waals surface area (Å²) in [5, 5.41) is 33.7. The predicted molar refractivity (Wildman–Crippen MR) is 161 cm³/mol. The number of nitrogens with zero attached hydrogens (tertiary/aromatic N) is 4. The van der Waals surface area contributed by atoms with Gasteiger partial charge in [-0.05, 0) is 81.4 Å². The third-order valence-corrected chi connectivity index (χ3v) is 9.78. The number of ether oxygens (including phenoxy) is 1. The number of carbonyl (C=O) groups is 2. The normalized spacial score (nSPS) is 18.2. The van der Waals surface area contributed by atoms with E-state index in [0.29, 0.717) is 48.2 Å². The summed E-state index contributed by atoms with van der Waals surface area (Å²) in [5.74, 6) is -1.33. The van der Waals surface area contributed by atoms with Gasteiger partial charge in [-0.3, -0.25) is 4.79 Å². The Labute approximate surface area is 284 Å². The largest absolute Gasteiger partial charge is 1.00 e. The molecule has 6 rings (SSSR count). The summed E-state index contributed by atoms with van der Waals surface area (Å²) >= 11 is 0. The predicted octanol–water partition coefficient (Wildman–Crippen LogP) is -0.719. The molecule has 5 heterocycles. The van der Waals surface area contributed by atoms with Crippen LogP contribution in [0.1, 0.15) is 74.6 Å². The number of amides is 1. The van der Waals surface area contributed by atoms with Gasteiger partial charge >= 0.3 is 35.7 Å². The van der Waals surface area contributed by atoms with Gasteiger partial charge in [-0.1, -0.05) is 20.3 Å². The number of carboxylic acids is 1. The van der Waals surface area contributed by atoms with Gasteiger partial charge in [0.2, 0.25) is 0 Å². The number of carbonyl (C=O) groups excluding carboxylic acids is 2. The van der Waals surface area contributed by atoms with Gasteiger partial charge < -0.3 is 39.2 Å². The number of aliphatic hydroxyl groups excluding tert-OH is 1. The molecule has 12 heteroatoms. The maximum atomic E-state index is 13.5. The Morgan fingerprint density at radius 2 is 1.78 bits per heavy atom. The zero-order valence-electron chi connectivity index (χ0n) is 26.3. The molecular formula is C33H39N4NaO7. The van der Waals surface area contributed by atoms with Crippen LogP contribution in [0.4, 0.5) is 4.79 Å². The van der Waals surface area contributed by atoms with Crippen molar-refractivity contribution >= 4 is 23.0 Å². The number of fused-ring (bicyclic) bond motifs is 4. The number of aryl methyl sites for hydroxylation is 1. The minimum absolute atomic E-state index is 0. The van der Waals surface area contributed by atoms with Crippen LogP contribution in [0.25, 0.3) is 22.3 Å². The Bertz CT molecular complexity index is 1680. The van der Waals surface area contributed by atoms with E-state index in [0.717, 1.165) is 42.4 Å². The third-order valence-electron chi connectivity index (χ3n) is 9.78. The van der Waals surface area contributed by atoms with Crippen molar-refractivity contribution in [1.82, 2.24) is 19.4 Å². The smallest absolute Gasteiger partial charge is 0.547 e. The first-order chi connectivity index (χ1) is 21.2. The number of likely N-dealkylation sites (tertiary alicyclic amines) is 2. The summed E-state index contributed by atoms with van der Waals surface area (Å²) < 4.78 is 7.28. The number of hydrogen-bond acceptors (Lipinski definition) is 9. The molecule has 3 aliphatic rings. The van der Waals surface area contributed by atoms with Gasteiger partial charge in [-0.15, -0.1) is 0 Å². The minimum Gasteiger partial charge on any atom is -0.547 e. The molecule has 2 fully saturated rings. The fourth-order valence-corrected chi connectivity index (χ4v) is 7.23. The van der Waals surface area contributed by atoms with Crippen LogP contribution in [0, 0.1) is 0 Å².